The zero-order valence-corrected chi connectivity index (χ0v) is 14.6. The Labute approximate surface area is 156 Å². The Hall–Kier alpha value is -3.35. The van der Waals surface area contributed by atoms with Crippen LogP contribution in [0.1, 0.15) is 30.7 Å². The standard InChI is InChI=1S/C20H20N4O3/c25-18-11-16(15-3-1-2-4-17(15)24-18)19(26)21-12-5-7-13(8-6-12)22-20(27)23-14-9-10-14/h1-8,14,16H,9-11H2,(H,21,26)(H,24,25)(H2,22,23,27). The van der Waals surface area contributed by atoms with E-state index in [9.17, 15) is 14.4 Å². The van der Waals surface area contributed by atoms with Crippen molar-refractivity contribution >= 4 is 34.9 Å². The molecule has 138 valence electrons. The van der Waals surface area contributed by atoms with Gasteiger partial charge in [-0.2, -0.15) is 0 Å². The van der Waals surface area contributed by atoms with Gasteiger partial charge in [-0.15, -0.1) is 0 Å². The molecule has 1 atom stereocenters. The molecular formula is C20H20N4O3. The summed E-state index contributed by atoms with van der Waals surface area (Å²) >= 11 is 0. The molecule has 0 saturated heterocycles. The van der Waals surface area contributed by atoms with Gasteiger partial charge in [0.25, 0.3) is 0 Å². The highest BCUT2D eigenvalue weighted by Gasteiger charge is 2.30. The first-order valence-corrected chi connectivity index (χ1v) is 8.96. The molecule has 1 aliphatic carbocycles. The molecule has 0 aromatic heterocycles. The van der Waals surface area contributed by atoms with Gasteiger partial charge in [0.05, 0.1) is 5.92 Å². The third kappa shape index (κ3) is 4.08. The number of carbonyl (C=O) groups is 3. The second-order valence-corrected chi connectivity index (χ2v) is 6.83. The number of nitrogens with one attached hydrogen (secondary N) is 4. The lowest BCUT2D eigenvalue weighted by Crippen LogP contribution is -2.31. The predicted molar refractivity (Wildman–Crippen MR) is 103 cm³/mol. The molecule has 0 radical (unpaired) electrons. The molecule has 0 spiro atoms. The molecule has 7 heteroatoms. The minimum absolute atomic E-state index is 0.115. The fourth-order valence-corrected chi connectivity index (χ4v) is 3.09. The Bertz CT molecular complexity index is 890. The molecule has 0 bridgehead atoms. The number of urea groups is 1. The van der Waals surface area contributed by atoms with Crippen LogP contribution in [0, 0.1) is 0 Å². The summed E-state index contributed by atoms with van der Waals surface area (Å²) in [6.07, 6.45) is 2.17. The van der Waals surface area contributed by atoms with Crippen molar-refractivity contribution in [2.24, 2.45) is 0 Å². The molecule has 2 aliphatic rings. The Morgan fingerprint density at radius 1 is 0.926 bits per heavy atom. The number of carbonyl (C=O) groups excluding carboxylic acids is 3. The van der Waals surface area contributed by atoms with Gasteiger partial charge in [-0.25, -0.2) is 4.79 Å². The van der Waals surface area contributed by atoms with Gasteiger partial charge in [0.15, 0.2) is 0 Å². The van der Waals surface area contributed by atoms with E-state index in [0.717, 1.165) is 18.4 Å². The lowest BCUT2D eigenvalue weighted by atomic mass is 9.90. The van der Waals surface area contributed by atoms with Gasteiger partial charge in [0.2, 0.25) is 11.8 Å². The molecule has 1 heterocycles. The van der Waals surface area contributed by atoms with Gasteiger partial charge in [-0.1, -0.05) is 18.2 Å². The number of fused-ring (bicyclic) bond motifs is 1. The fraction of sp³-hybridized carbons (Fsp3) is 0.250. The zero-order chi connectivity index (χ0) is 18.8. The number of para-hydroxylation sites is 1. The van der Waals surface area contributed by atoms with Gasteiger partial charge in [0.1, 0.15) is 0 Å². The molecule has 27 heavy (non-hydrogen) atoms. The van der Waals surface area contributed by atoms with Gasteiger partial charge in [-0.3, -0.25) is 9.59 Å². The maximum atomic E-state index is 12.7. The van der Waals surface area contributed by atoms with Crippen molar-refractivity contribution in [3.63, 3.8) is 0 Å². The van der Waals surface area contributed by atoms with Gasteiger partial charge < -0.3 is 21.3 Å². The predicted octanol–water partition coefficient (Wildman–Crippen LogP) is 3.04. The van der Waals surface area contributed by atoms with E-state index >= 15 is 0 Å². The van der Waals surface area contributed by atoms with Crippen LogP contribution in [0.3, 0.4) is 0 Å². The summed E-state index contributed by atoms with van der Waals surface area (Å²) in [7, 11) is 0. The van der Waals surface area contributed by atoms with Crippen LogP contribution in [0.2, 0.25) is 0 Å². The van der Waals surface area contributed by atoms with Crippen molar-refractivity contribution in [3.8, 4) is 0 Å². The molecular weight excluding hydrogens is 344 g/mol. The van der Waals surface area contributed by atoms with E-state index in [-0.39, 0.29) is 24.3 Å². The lowest BCUT2D eigenvalue weighted by molar-refractivity contribution is -0.123. The molecule has 4 rings (SSSR count). The molecule has 1 fully saturated rings. The first kappa shape index (κ1) is 17.1. The van der Waals surface area contributed by atoms with Gasteiger partial charge >= 0.3 is 6.03 Å². The first-order valence-electron chi connectivity index (χ1n) is 8.96. The van der Waals surface area contributed by atoms with Crippen LogP contribution >= 0.6 is 0 Å². The van der Waals surface area contributed by atoms with Crippen molar-refractivity contribution < 1.29 is 14.4 Å². The maximum Gasteiger partial charge on any atom is 0.319 e. The van der Waals surface area contributed by atoms with Crippen molar-refractivity contribution in [3.05, 3.63) is 54.1 Å². The average molecular weight is 364 g/mol. The van der Waals surface area contributed by atoms with E-state index in [1.807, 2.05) is 18.2 Å². The first-order chi connectivity index (χ1) is 13.1. The molecule has 1 saturated carbocycles. The Balaban J connectivity index is 1.41. The Morgan fingerprint density at radius 2 is 1.59 bits per heavy atom. The second kappa shape index (κ2) is 7.11. The third-order valence-corrected chi connectivity index (χ3v) is 4.64. The summed E-state index contributed by atoms with van der Waals surface area (Å²) in [6, 6.07) is 14.3. The number of rotatable bonds is 4. The topological polar surface area (TPSA) is 99.3 Å². The number of benzene rings is 2. The third-order valence-electron chi connectivity index (χ3n) is 4.64. The van der Waals surface area contributed by atoms with E-state index < -0.39 is 5.92 Å². The van der Waals surface area contributed by atoms with Gasteiger partial charge in [-0.05, 0) is 48.7 Å². The van der Waals surface area contributed by atoms with E-state index in [2.05, 4.69) is 21.3 Å². The molecule has 2 aromatic carbocycles. The van der Waals surface area contributed by atoms with Crippen LogP contribution in [0.15, 0.2) is 48.5 Å². The molecule has 7 nitrogen and oxygen atoms in total. The zero-order valence-electron chi connectivity index (χ0n) is 14.6. The van der Waals surface area contributed by atoms with E-state index in [4.69, 9.17) is 0 Å². The molecule has 2 aromatic rings. The maximum absolute atomic E-state index is 12.7. The van der Waals surface area contributed by atoms with Crippen LogP contribution in [0.5, 0.6) is 0 Å². The highest BCUT2D eigenvalue weighted by atomic mass is 16.2. The fourth-order valence-electron chi connectivity index (χ4n) is 3.09. The summed E-state index contributed by atoms with van der Waals surface area (Å²) in [5, 5.41) is 11.2. The van der Waals surface area contributed by atoms with Crippen LogP contribution in [-0.4, -0.2) is 23.9 Å². The minimum Gasteiger partial charge on any atom is -0.335 e. The van der Waals surface area contributed by atoms with Crippen LogP contribution in [-0.2, 0) is 9.59 Å². The summed E-state index contributed by atoms with van der Waals surface area (Å²) in [5.74, 6) is -0.934. The van der Waals surface area contributed by atoms with Gasteiger partial charge in [0, 0.05) is 29.5 Å². The number of amides is 4. The SMILES string of the molecule is O=C1CC(C(=O)Nc2ccc(NC(=O)NC3CC3)cc2)c2ccccc2N1. The van der Waals surface area contributed by atoms with Crippen LogP contribution < -0.4 is 21.3 Å². The molecule has 1 unspecified atom stereocenters. The highest BCUT2D eigenvalue weighted by molar-refractivity contribution is 6.05. The second-order valence-electron chi connectivity index (χ2n) is 6.83. The lowest BCUT2D eigenvalue weighted by Gasteiger charge is -2.24. The molecule has 4 N–H and O–H groups in total. The van der Waals surface area contributed by atoms with E-state index in [0.29, 0.717) is 23.1 Å². The van der Waals surface area contributed by atoms with Crippen molar-refractivity contribution in [1.82, 2.24) is 5.32 Å². The minimum atomic E-state index is -0.530. The molecule has 4 amide bonds. The number of hydrogen-bond acceptors (Lipinski definition) is 3. The van der Waals surface area contributed by atoms with Crippen LogP contribution in [0.4, 0.5) is 21.9 Å². The normalized spacial score (nSPS) is 18.1. The summed E-state index contributed by atoms with van der Waals surface area (Å²) in [5.41, 5.74) is 2.74. The summed E-state index contributed by atoms with van der Waals surface area (Å²) in [6.45, 7) is 0. The Morgan fingerprint density at radius 3 is 2.30 bits per heavy atom. The largest absolute Gasteiger partial charge is 0.335 e. The number of anilines is 3. The van der Waals surface area contributed by atoms with Crippen molar-refractivity contribution in [1.29, 1.82) is 0 Å². The van der Waals surface area contributed by atoms with Crippen molar-refractivity contribution in [2.75, 3.05) is 16.0 Å². The summed E-state index contributed by atoms with van der Waals surface area (Å²) in [4.78, 5) is 36.3. The smallest absolute Gasteiger partial charge is 0.319 e. The van der Waals surface area contributed by atoms with Crippen molar-refractivity contribution in [2.45, 2.75) is 31.2 Å². The molecule has 1 aliphatic heterocycles. The quantitative estimate of drug-likeness (QED) is 0.671. The average Bonchev–Trinajstić information content (AvgIpc) is 3.46. The number of hydrogen-bond donors (Lipinski definition) is 4. The summed E-state index contributed by atoms with van der Waals surface area (Å²) < 4.78 is 0. The highest BCUT2D eigenvalue weighted by Crippen LogP contribution is 2.32. The Kier molecular flexibility index (Phi) is 4.50. The van der Waals surface area contributed by atoms with Crippen LogP contribution in [0.25, 0.3) is 0 Å². The van der Waals surface area contributed by atoms with E-state index in [1.165, 1.54) is 0 Å². The monoisotopic (exact) mass is 364 g/mol. The van der Waals surface area contributed by atoms with E-state index in [1.54, 1.807) is 30.3 Å².